The summed E-state index contributed by atoms with van der Waals surface area (Å²) >= 11 is 0. The predicted molar refractivity (Wildman–Crippen MR) is 54.7 cm³/mol. The van der Waals surface area contributed by atoms with Gasteiger partial charge in [0, 0.05) is 6.42 Å². The zero-order valence-corrected chi connectivity index (χ0v) is 8.97. The number of carboxylic acid groups (broad SMARTS) is 2. The summed E-state index contributed by atoms with van der Waals surface area (Å²) in [6.45, 7) is 1.69. The molecule has 0 aliphatic heterocycles. The summed E-state index contributed by atoms with van der Waals surface area (Å²) in [5, 5.41) is 19.3. The summed E-state index contributed by atoms with van der Waals surface area (Å²) in [6, 6.07) is -1.98. The fourth-order valence-electron chi connectivity index (χ4n) is 0.989. The minimum absolute atomic E-state index is 0.160. The summed E-state index contributed by atoms with van der Waals surface area (Å²) in [5.41, 5.74) is 5.40. The lowest BCUT2D eigenvalue weighted by Gasteiger charge is -2.16. The van der Waals surface area contributed by atoms with Crippen molar-refractivity contribution in [2.24, 2.45) is 5.73 Å². The second-order valence-corrected chi connectivity index (χ2v) is 3.35. The monoisotopic (exact) mass is 232 g/mol. The van der Waals surface area contributed by atoms with Crippen LogP contribution in [-0.4, -0.2) is 40.1 Å². The molecule has 7 nitrogen and oxygen atoms in total. The second kappa shape index (κ2) is 6.78. The number of hydrogen-bond acceptors (Lipinski definition) is 4. The van der Waals surface area contributed by atoms with Gasteiger partial charge in [0.15, 0.2) is 0 Å². The maximum atomic E-state index is 11.3. The van der Waals surface area contributed by atoms with E-state index in [1.165, 1.54) is 0 Å². The van der Waals surface area contributed by atoms with Crippen LogP contribution in [0, 0.1) is 0 Å². The number of nitrogens with two attached hydrogens (primary N) is 1. The van der Waals surface area contributed by atoms with Gasteiger partial charge in [0.1, 0.15) is 6.04 Å². The van der Waals surface area contributed by atoms with E-state index in [1.807, 2.05) is 0 Å². The Kier molecular flexibility index (Phi) is 6.09. The molecule has 92 valence electrons. The molecule has 2 unspecified atom stereocenters. The molecule has 16 heavy (non-hydrogen) atoms. The van der Waals surface area contributed by atoms with Crippen LogP contribution in [0.15, 0.2) is 0 Å². The summed E-state index contributed by atoms with van der Waals surface area (Å²) < 4.78 is 0. The molecule has 0 saturated heterocycles. The highest BCUT2D eigenvalue weighted by Gasteiger charge is 2.22. The molecular weight excluding hydrogens is 216 g/mol. The normalized spacial score (nSPS) is 13.9. The molecule has 7 heteroatoms. The molecule has 0 aliphatic carbocycles. The standard InChI is InChI=1S/C9H16N2O5/c1-2-5(10)8(14)11-6(9(15)16)3-4-7(12)13/h5-6H,2-4,10H2,1H3,(H,11,14)(H,12,13)(H,15,16). The molecule has 0 saturated carbocycles. The summed E-state index contributed by atoms with van der Waals surface area (Å²) in [4.78, 5) is 32.3. The van der Waals surface area contributed by atoms with Gasteiger partial charge in [0.2, 0.25) is 5.91 Å². The Morgan fingerprint density at radius 2 is 1.88 bits per heavy atom. The van der Waals surface area contributed by atoms with Crippen LogP contribution in [0.1, 0.15) is 26.2 Å². The predicted octanol–water partition coefficient (Wildman–Crippen LogP) is -0.842. The number of nitrogens with one attached hydrogen (secondary N) is 1. The van der Waals surface area contributed by atoms with Crippen LogP contribution in [0.25, 0.3) is 0 Å². The SMILES string of the molecule is CCC(N)C(=O)NC(CCC(=O)O)C(=O)O. The number of carbonyl (C=O) groups excluding carboxylic acids is 1. The zero-order chi connectivity index (χ0) is 12.7. The van der Waals surface area contributed by atoms with E-state index in [1.54, 1.807) is 6.92 Å². The van der Waals surface area contributed by atoms with Gasteiger partial charge in [-0.1, -0.05) is 6.92 Å². The second-order valence-electron chi connectivity index (χ2n) is 3.35. The Balaban J connectivity index is 4.28. The molecule has 2 atom stereocenters. The third-order valence-corrected chi connectivity index (χ3v) is 2.04. The Labute approximate surface area is 92.6 Å². The number of hydrogen-bond donors (Lipinski definition) is 4. The van der Waals surface area contributed by atoms with Gasteiger partial charge >= 0.3 is 11.9 Å². The molecule has 0 aromatic rings. The number of amides is 1. The highest BCUT2D eigenvalue weighted by Crippen LogP contribution is 1.99. The van der Waals surface area contributed by atoms with E-state index in [2.05, 4.69) is 5.32 Å². The van der Waals surface area contributed by atoms with Crippen molar-refractivity contribution in [1.29, 1.82) is 0 Å². The molecule has 0 heterocycles. The number of aliphatic carboxylic acids is 2. The quantitative estimate of drug-likeness (QED) is 0.452. The maximum Gasteiger partial charge on any atom is 0.326 e. The van der Waals surface area contributed by atoms with Crippen LogP contribution < -0.4 is 11.1 Å². The first-order valence-corrected chi connectivity index (χ1v) is 4.89. The molecule has 0 aliphatic rings. The van der Waals surface area contributed by atoms with Gasteiger partial charge in [-0.05, 0) is 12.8 Å². The van der Waals surface area contributed by atoms with E-state index in [4.69, 9.17) is 15.9 Å². The van der Waals surface area contributed by atoms with Crippen molar-refractivity contribution >= 4 is 17.8 Å². The summed E-state index contributed by atoms with van der Waals surface area (Å²) in [6.07, 6.45) is -0.0947. The van der Waals surface area contributed by atoms with E-state index in [0.717, 1.165) is 0 Å². The van der Waals surface area contributed by atoms with Crippen molar-refractivity contribution in [3.8, 4) is 0 Å². The van der Waals surface area contributed by atoms with E-state index in [0.29, 0.717) is 6.42 Å². The summed E-state index contributed by atoms with van der Waals surface area (Å²) in [5.74, 6) is -2.96. The average molecular weight is 232 g/mol. The first kappa shape index (κ1) is 14.4. The van der Waals surface area contributed by atoms with Crippen molar-refractivity contribution in [1.82, 2.24) is 5.32 Å². The molecule has 0 fully saturated rings. The Hall–Kier alpha value is -1.63. The van der Waals surface area contributed by atoms with Crippen LogP contribution in [0.3, 0.4) is 0 Å². The largest absolute Gasteiger partial charge is 0.481 e. The fourth-order valence-corrected chi connectivity index (χ4v) is 0.989. The molecule has 0 spiro atoms. The van der Waals surface area contributed by atoms with E-state index >= 15 is 0 Å². The Morgan fingerprint density at radius 3 is 2.25 bits per heavy atom. The molecule has 5 N–H and O–H groups in total. The average Bonchev–Trinajstić information content (AvgIpc) is 2.21. The minimum Gasteiger partial charge on any atom is -0.481 e. The van der Waals surface area contributed by atoms with E-state index in [9.17, 15) is 14.4 Å². The first-order valence-electron chi connectivity index (χ1n) is 4.89. The molecule has 0 rings (SSSR count). The van der Waals surface area contributed by atoms with Gasteiger partial charge in [0.25, 0.3) is 0 Å². The molecule has 0 aromatic carbocycles. The molecule has 0 bridgehead atoms. The highest BCUT2D eigenvalue weighted by molar-refractivity contribution is 5.86. The number of carbonyl (C=O) groups is 3. The van der Waals surface area contributed by atoms with Crippen LogP contribution in [0.2, 0.25) is 0 Å². The summed E-state index contributed by atoms with van der Waals surface area (Å²) in [7, 11) is 0. The Bertz CT molecular complexity index is 279. The van der Waals surface area contributed by atoms with Crippen molar-refractivity contribution in [3.63, 3.8) is 0 Å². The van der Waals surface area contributed by atoms with Gasteiger partial charge in [-0.2, -0.15) is 0 Å². The maximum absolute atomic E-state index is 11.3. The van der Waals surface area contributed by atoms with Crippen LogP contribution in [-0.2, 0) is 14.4 Å². The van der Waals surface area contributed by atoms with Crippen molar-refractivity contribution in [2.75, 3.05) is 0 Å². The van der Waals surface area contributed by atoms with E-state index in [-0.39, 0.29) is 12.8 Å². The van der Waals surface area contributed by atoms with Gasteiger partial charge in [-0.25, -0.2) is 4.79 Å². The number of rotatable bonds is 7. The van der Waals surface area contributed by atoms with Crippen molar-refractivity contribution in [3.05, 3.63) is 0 Å². The zero-order valence-electron chi connectivity index (χ0n) is 8.97. The molecule has 0 radical (unpaired) electrons. The van der Waals surface area contributed by atoms with Crippen molar-refractivity contribution < 1.29 is 24.6 Å². The van der Waals surface area contributed by atoms with Gasteiger partial charge < -0.3 is 21.3 Å². The minimum atomic E-state index is -1.27. The van der Waals surface area contributed by atoms with E-state index < -0.39 is 29.9 Å². The molecular formula is C9H16N2O5. The fraction of sp³-hybridized carbons (Fsp3) is 0.667. The topological polar surface area (TPSA) is 130 Å². The highest BCUT2D eigenvalue weighted by atomic mass is 16.4. The molecule has 0 aromatic heterocycles. The van der Waals surface area contributed by atoms with Crippen LogP contribution >= 0.6 is 0 Å². The van der Waals surface area contributed by atoms with Crippen molar-refractivity contribution in [2.45, 2.75) is 38.3 Å². The third-order valence-electron chi connectivity index (χ3n) is 2.04. The van der Waals surface area contributed by atoms with Crippen LogP contribution in [0.4, 0.5) is 0 Å². The van der Waals surface area contributed by atoms with Crippen LogP contribution in [0.5, 0.6) is 0 Å². The lowest BCUT2D eigenvalue weighted by Crippen LogP contribution is -2.48. The lowest BCUT2D eigenvalue weighted by molar-refractivity contribution is -0.143. The molecule has 1 amide bonds. The van der Waals surface area contributed by atoms with Gasteiger partial charge in [-0.15, -0.1) is 0 Å². The smallest absolute Gasteiger partial charge is 0.326 e. The van der Waals surface area contributed by atoms with Gasteiger partial charge in [0.05, 0.1) is 6.04 Å². The lowest BCUT2D eigenvalue weighted by atomic mass is 10.1. The van der Waals surface area contributed by atoms with Gasteiger partial charge in [-0.3, -0.25) is 9.59 Å². The Morgan fingerprint density at radius 1 is 1.31 bits per heavy atom. The number of carboxylic acids is 2. The third kappa shape index (κ3) is 5.30. The first-order chi connectivity index (χ1) is 7.38.